The molecule has 0 spiro atoms. The van der Waals surface area contributed by atoms with Crippen molar-refractivity contribution in [2.24, 2.45) is 0 Å². The lowest BCUT2D eigenvalue weighted by Crippen LogP contribution is -2.29. The smallest absolute Gasteiger partial charge is 0.319 e. The molecule has 0 saturated carbocycles. The molecule has 0 aromatic heterocycles. The Morgan fingerprint density at radius 2 is 2.22 bits per heavy atom. The second-order valence-corrected chi connectivity index (χ2v) is 3.70. The number of anilines is 1. The highest BCUT2D eigenvalue weighted by Gasteiger charge is 2.14. The number of nitrogens with one attached hydrogen (secondary N) is 2. The minimum Gasteiger partial charge on any atom is -0.502 e. The summed E-state index contributed by atoms with van der Waals surface area (Å²) in [5.74, 6) is -0.433. The molecule has 0 saturated heterocycles. The molecular formula is C11H15N3O4. The quantitative estimate of drug-likeness (QED) is 0.324. The van der Waals surface area contributed by atoms with E-state index in [2.05, 4.69) is 10.6 Å². The van der Waals surface area contributed by atoms with Crippen molar-refractivity contribution < 1.29 is 14.8 Å². The zero-order chi connectivity index (χ0) is 13.5. The van der Waals surface area contributed by atoms with Crippen molar-refractivity contribution in [1.82, 2.24) is 5.32 Å². The van der Waals surface area contributed by atoms with Crippen LogP contribution in [-0.2, 0) is 0 Å². The van der Waals surface area contributed by atoms with Crippen LogP contribution >= 0.6 is 0 Å². The molecule has 0 unspecified atom stereocenters. The van der Waals surface area contributed by atoms with Gasteiger partial charge in [-0.05, 0) is 18.6 Å². The second kappa shape index (κ2) is 6.43. The molecule has 0 aliphatic carbocycles. The molecule has 18 heavy (non-hydrogen) atoms. The molecule has 7 nitrogen and oxygen atoms in total. The first-order valence-corrected chi connectivity index (χ1v) is 5.57. The molecule has 7 heteroatoms. The molecule has 0 heterocycles. The van der Waals surface area contributed by atoms with Gasteiger partial charge >= 0.3 is 11.7 Å². The summed E-state index contributed by atoms with van der Waals surface area (Å²) in [6.07, 6.45) is 1.83. The number of hydrogen-bond acceptors (Lipinski definition) is 4. The summed E-state index contributed by atoms with van der Waals surface area (Å²) in [5, 5.41) is 24.9. The number of benzene rings is 1. The number of hydrogen-bond donors (Lipinski definition) is 3. The zero-order valence-electron chi connectivity index (χ0n) is 9.97. The van der Waals surface area contributed by atoms with Gasteiger partial charge in [0, 0.05) is 18.3 Å². The maximum atomic E-state index is 11.4. The molecule has 98 valence electrons. The number of urea groups is 1. The molecule has 0 bridgehead atoms. The fourth-order valence-electron chi connectivity index (χ4n) is 1.30. The third-order valence-electron chi connectivity index (χ3n) is 2.25. The Hall–Kier alpha value is -2.31. The number of nitro benzene ring substituents is 1. The van der Waals surface area contributed by atoms with E-state index in [0.717, 1.165) is 18.9 Å². The van der Waals surface area contributed by atoms with Crippen molar-refractivity contribution >= 4 is 17.4 Å². The minimum absolute atomic E-state index is 0.258. The molecule has 0 aliphatic rings. The van der Waals surface area contributed by atoms with Crippen LogP contribution in [0.15, 0.2) is 18.2 Å². The Morgan fingerprint density at radius 1 is 1.50 bits per heavy atom. The van der Waals surface area contributed by atoms with Crippen molar-refractivity contribution in [2.75, 3.05) is 11.9 Å². The van der Waals surface area contributed by atoms with E-state index < -0.39 is 22.4 Å². The van der Waals surface area contributed by atoms with Gasteiger partial charge in [-0.25, -0.2) is 4.79 Å². The van der Waals surface area contributed by atoms with Crippen LogP contribution in [0.3, 0.4) is 0 Å². The largest absolute Gasteiger partial charge is 0.502 e. The summed E-state index contributed by atoms with van der Waals surface area (Å²) in [5.41, 5.74) is -0.185. The molecule has 3 N–H and O–H groups in total. The van der Waals surface area contributed by atoms with Gasteiger partial charge < -0.3 is 15.7 Å². The van der Waals surface area contributed by atoms with E-state index in [1.807, 2.05) is 6.92 Å². The van der Waals surface area contributed by atoms with Crippen LogP contribution in [0.1, 0.15) is 19.8 Å². The van der Waals surface area contributed by atoms with Crippen LogP contribution in [0.4, 0.5) is 16.2 Å². The highest BCUT2D eigenvalue weighted by Crippen LogP contribution is 2.28. The van der Waals surface area contributed by atoms with Crippen molar-refractivity contribution in [3.05, 3.63) is 28.3 Å². The predicted molar refractivity (Wildman–Crippen MR) is 66.7 cm³/mol. The Labute approximate surface area is 104 Å². The summed E-state index contributed by atoms with van der Waals surface area (Å²) >= 11 is 0. The number of phenols is 1. The topological polar surface area (TPSA) is 104 Å². The molecule has 1 rings (SSSR count). The number of nitrogens with zero attached hydrogens (tertiary/aromatic N) is 1. The lowest BCUT2D eigenvalue weighted by Gasteiger charge is -2.07. The summed E-state index contributed by atoms with van der Waals surface area (Å²) in [7, 11) is 0. The maximum Gasteiger partial charge on any atom is 0.319 e. The Morgan fingerprint density at radius 3 is 2.83 bits per heavy atom. The Kier molecular flexibility index (Phi) is 4.91. The first-order chi connectivity index (χ1) is 8.54. The fourth-order valence-corrected chi connectivity index (χ4v) is 1.30. The number of rotatable bonds is 5. The summed E-state index contributed by atoms with van der Waals surface area (Å²) in [4.78, 5) is 21.3. The Balaban J connectivity index is 2.65. The van der Waals surface area contributed by atoms with Crippen molar-refractivity contribution in [3.8, 4) is 5.75 Å². The number of aromatic hydroxyl groups is 1. The highest BCUT2D eigenvalue weighted by molar-refractivity contribution is 5.89. The third kappa shape index (κ3) is 3.93. The number of carbonyl (C=O) groups is 1. The summed E-state index contributed by atoms with van der Waals surface area (Å²) in [6, 6.07) is 3.24. The minimum atomic E-state index is -0.713. The van der Waals surface area contributed by atoms with Crippen LogP contribution in [-0.4, -0.2) is 22.6 Å². The molecule has 0 radical (unpaired) electrons. The molecule has 0 atom stereocenters. The van der Waals surface area contributed by atoms with E-state index in [9.17, 15) is 20.0 Å². The number of unbranched alkanes of at least 4 members (excludes halogenated alkanes) is 1. The first kappa shape index (κ1) is 13.8. The van der Waals surface area contributed by atoms with E-state index in [-0.39, 0.29) is 5.69 Å². The predicted octanol–water partition coefficient (Wildman–Crippen LogP) is 2.22. The van der Waals surface area contributed by atoms with Gasteiger partial charge in [-0.15, -0.1) is 0 Å². The van der Waals surface area contributed by atoms with Gasteiger partial charge in [0.15, 0.2) is 5.75 Å². The first-order valence-electron chi connectivity index (χ1n) is 5.57. The monoisotopic (exact) mass is 253 g/mol. The molecule has 0 aliphatic heterocycles. The van der Waals surface area contributed by atoms with Gasteiger partial charge in [-0.1, -0.05) is 13.3 Å². The standard InChI is InChI=1S/C11H15N3O4/c1-2-3-6-12-11(16)13-8-4-5-10(15)9(7-8)14(17)18/h4-5,7,15H,2-3,6H2,1H3,(H2,12,13,16). The van der Waals surface area contributed by atoms with Crippen LogP contribution in [0, 0.1) is 10.1 Å². The lowest BCUT2D eigenvalue weighted by molar-refractivity contribution is -0.385. The van der Waals surface area contributed by atoms with Gasteiger partial charge in [0.25, 0.3) is 0 Å². The maximum absolute atomic E-state index is 11.4. The van der Waals surface area contributed by atoms with Crippen LogP contribution < -0.4 is 10.6 Å². The van der Waals surface area contributed by atoms with Gasteiger partial charge in [0.2, 0.25) is 0 Å². The van der Waals surface area contributed by atoms with E-state index in [0.29, 0.717) is 6.54 Å². The van der Waals surface area contributed by atoms with E-state index in [1.54, 1.807) is 0 Å². The van der Waals surface area contributed by atoms with E-state index >= 15 is 0 Å². The molecule has 0 fully saturated rings. The van der Waals surface area contributed by atoms with Crippen molar-refractivity contribution in [3.63, 3.8) is 0 Å². The lowest BCUT2D eigenvalue weighted by atomic mass is 10.2. The normalized spacial score (nSPS) is 9.83. The van der Waals surface area contributed by atoms with Crippen LogP contribution in [0.2, 0.25) is 0 Å². The number of carbonyl (C=O) groups excluding carboxylic acids is 1. The summed E-state index contributed by atoms with van der Waals surface area (Å²) < 4.78 is 0. The number of amides is 2. The highest BCUT2D eigenvalue weighted by atomic mass is 16.6. The van der Waals surface area contributed by atoms with Crippen LogP contribution in [0.5, 0.6) is 5.75 Å². The zero-order valence-corrected chi connectivity index (χ0v) is 9.97. The molecule has 2 amide bonds. The molecule has 1 aromatic rings. The van der Waals surface area contributed by atoms with Gasteiger partial charge in [-0.2, -0.15) is 0 Å². The van der Waals surface area contributed by atoms with Crippen molar-refractivity contribution in [2.45, 2.75) is 19.8 Å². The Bertz CT molecular complexity index is 448. The average molecular weight is 253 g/mol. The number of nitro groups is 1. The van der Waals surface area contributed by atoms with E-state index in [1.165, 1.54) is 12.1 Å². The van der Waals surface area contributed by atoms with E-state index in [4.69, 9.17) is 0 Å². The fraction of sp³-hybridized carbons (Fsp3) is 0.364. The van der Waals surface area contributed by atoms with Gasteiger partial charge in [0.05, 0.1) is 4.92 Å². The average Bonchev–Trinajstić information content (AvgIpc) is 2.31. The molecular weight excluding hydrogens is 238 g/mol. The number of phenolic OH excluding ortho intramolecular Hbond substituents is 1. The van der Waals surface area contributed by atoms with Gasteiger partial charge in [0.1, 0.15) is 0 Å². The summed E-state index contributed by atoms with van der Waals surface area (Å²) in [6.45, 7) is 2.55. The SMILES string of the molecule is CCCCNC(=O)Nc1ccc(O)c([N+](=O)[O-])c1. The van der Waals surface area contributed by atoms with Crippen LogP contribution in [0.25, 0.3) is 0 Å². The van der Waals surface area contributed by atoms with Gasteiger partial charge in [-0.3, -0.25) is 10.1 Å². The van der Waals surface area contributed by atoms with Crippen molar-refractivity contribution in [1.29, 1.82) is 0 Å². The third-order valence-corrected chi connectivity index (χ3v) is 2.25. The second-order valence-electron chi connectivity index (χ2n) is 3.70. The molecule has 1 aromatic carbocycles.